The zero-order chi connectivity index (χ0) is 11.1. The third-order valence-electron chi connectivity index (χ3n) is 2.40. The van der Waals surface area contributed by atoms with Crippen LogP contribution in [0.3, 0.4) is 0 Å². The number of nitrogens with zero attached hydrogens (tertiary/aromatic N) is 2. The van der Waals surface area contributed by atoms with Gasteiger partial charge >= 0.3 is 0 Å². The largest absolute Gasteiger partial charge is 0.355 e. The van der Waals surface area contributed by atoms with Gasteiger partial charge in [0.05, 0.1) is 0 Å². The molecule has 0 aliphatic carbocycles. The van der Waals surface area contributed by atoms with E-state index in [1.54, 1.807) is 0 Å². The van der Waals surface area contributed by atoms with Gasteiger partial charge in [-0.2, -0.15) is 0 Å². The van der Waals surface area contributed by atoms with Crippen molar-refractivity contribution in [2.75, 3.05) is 24.5 Å². The highest BCUT2D eigenvalue weighted by atomic mass is 15.2. The molecule has 2 N–H and O–H groups in total. The molecule has 3 nitrogen and oxygen atoms in total. The van der Waals surface area contributed by atoms with E-state index in [4.69, 9.17) is 5.73 Å². The van der Waals surface area contributed by atoms with Crippen molar-refractivity contribution in [1.29, 1.82) is 0 Å². The molecule has 0 saturated carbocycles. The Kier molecular flexibility index (Phi) is 5.12. The Hall–Kier alpha value is -1.09. The average molecular weight is 207 g/mol. The molecule has 3 heteroatoms. The maximum absolute atomic E-state index is 5.60. The van der Waals surface area contributed by atoms with E-state index >= 15 is 0 Å². The standard InChI is InChI=1S/C12H21N3/c1-3-4-8-15(9-7-13)12-6-5-11(2)10-14-12/h5-6,10H,3-4,7-9,13H2,1-2H3. The number of hydrogen-bond donors (Lipinski definition) is 1. The zero-order valence-corrected chi connectivity index (χ0v) is 9.74. The summed E-state index contributed by atoms with van der Waals surface area (Å²) in [4.78, 5) is 6.67. The van der Waals surface area contributed by atoms with Crippen molar-refractivity contribution in [3.05, 3.63) is 23.9 Å². The lowest BCUT2D eigenvalue weighted by Crippen LogP contribution is -2.31. The van der Waals surface area contributed by atoms with E-state index in [0.29, 0.717) is 6.54 Å². The number of nitrogens with two attached hydrogens (primary N) is 1. The first kappa shape index (κ1) is 12.0. The van der Waals surface area contributed by atoms with Crippen LogP contribution in [0.1, 0.15) is 25.3 Å². The van der Waals surface area contributed by atoms with Crippen molar-refractivity contribution in [3.63, 3.8) is 0 Å². The Balaban J connectivity index is 2.65. The highest BCUT2D eigenvalue weighted by Crippen LogP contribution is 2.11. The summed E-state index contributed by atoms with van der Waals surface area (Å²) >= 11 is 0. The van der Waals surface area contributed by atoms with E-state index in [9.17, 15) is 0 Å². The van der Waals surface area contributed by atoms with Gasteiger partial charge < -0.3 is 10.6 Å². The molecule has 0 bridgehead atoms. The van der Waals surface area contributed by atoms with E-state index in [-0.39, 0.29) is 0 Å². The highest BCUT2D eigenvalue weighted by molar-refractivity contribution is 5.39. The molecular weight excluding hydrogens is 186 g/mol. The van der Waals surface area contributed by atoms with Gasteiger partial charge in [0.15, 0.2) is 0 Å². The van der Waals surface area contributed by atoms with E-state index in [0.717, 1.165) is 18.9 Å². The van der Waals surface area contributed by atoms with Gasteiger partial charge in [-0.1, -0.05) is 19.4 Å². The number of aromatic nitrogens is 1. The maximum Gasteiger partial charge on any atom is 0.128 e. The molecule has 0 atom stereocenters. The Morgan fingerprint density at radius 3 is 2.67 bits per heavy atom. The van der Waals surface area contributed by atoms with Crippen LogP contribution in [-0.2, 0) is 0 Å². The van der Waals surface area contributed by atoms with Crippen molar-refractivity contribution in [2.24, 2.45) is 5.73 Å². The lowest BCUT2D eigenvalue weighted by Gasteiger charge is -2.22. The predicted octanol–water partition coefficient (Wildman–Crippen LogP) is 1.96. The Morgan fingerprint density at radius 2 is 2.13 bits per heavy atom. The second kappa shape index (κ2) is 6.40. The molecule has 0 aromatic carbocycles. The minimum atomic E-state index is 0.680. The minimum Gasteiger partial charge on any atom is -0.355 e. The first-order valence-electron chi connectivity index (χ1n) is 5.65. The van der Waals surface area contributed by atoms with Crippen LogP contribution in [0.4, 0.5) is 5.82 Å². The Labute approximate surface area is 92.3 Å². The minimum absolute atomic E-state index is 0.680. The first-order chi connectivity index (χ1) is 7.27. The molecule has 15 heavy (non-hydrogen) atoms. The normalized spacial score (nSPS) is 10.3. The molecule has 0 unspecified atom stereocenters. The Bertz CT molecular complexity index is 269. The number of pyridine rings is 1. The molecule has 0 saturated heterocycles. The van der Waals surface area contributed by atoms with Crippen LogP contribution < -0.4 is 10.6 Å². The molecule has 1 aromatic rings. The molecule has 84 valence electrons. The maximum atomic E-state index is 5.60. The van der Waals surface area contributed by atoms with Crippen molar-refractivity contribution in [2.45, 2.75) is 26.7 Å². The van der Waals surface area contributed by atoms with Gasteiger partial charge in [-0.05, 0) is 25.0 Å². The van der Waals surface area contributed by atoms with Gasteiger partial charge in [-0.15, -0.1) is 0 Å². The fraction of sp³-hybridized carbons (Fsp3) is 0.583. The van der Waals surface area contributed by atoms with Crippen LogP contribution in [0.25, 0.3) is 0 Å². The molecule has 0 aliphatic rings. The lowest BCUT2D eigenvalue weighted by atomic mass is 10.3. The number of unbranched alkanes of at least 4 members (excludes halogenated alkanes) is 1. The Morgan fingerprint density at radius 1 is 1.33 bits per heavy atom. The van der Waals surface area contributed by atoms with Gasteiger partial charge in [-0.25, -0.2) is 4.98 Å². The average Bonchev–Trinajstić information content (AvgIpc) is 2.25. The van der Waals surface area contributed by atoms with Crippen LogP contribution in [-0.4, -0.2) is 24.6 Å². The van der Waals surface area contributed by atoms with Gasteiger partial charge in [0.25, 0.3) is 0 Å². The summed E-state index contributed by atoms with van der Waals surface area (Å²) in [6, 6.07) is 4.17. The summed E-state index contributed by atoms with van der Waals surface area (Å²) in [5.74, 6) is 1.04. The number of hydrogen-bond acceptors (Lipinski definition) is 3. The van der Waals surface area contributed by atoms with Crippen LogP contribution in [0.5, 0.6) is 0 Å². The first-order valence-corrected chi connectivity index (χ1v) is 5.65. The third kappa shape index (κ3) is 3.88. The topological polar surface area (TPSA) is 42.1 Å². The van der Waals surface area contributed by atoms with Gasteiger partial charge in [0, 0.05) is 25.8 Å². The predicted molar refractivity (Wildman–Crippen MR) is 65.1 cm³/mol. The molecule has 0 spiro atoms. The summed E-state index contributed by atoms with van der Waals surface area (Å²) in [6.45, 7) is 6.86. The van der Waals surface area contributed by atoms with Crippen LogP contribution in [0.2, 0.25) is 0 Å². The smallest absolute Gasteiger partial charge is 0.128 e. The summed E-state index contributed by atoms with van der Waals surface area (Å²) in [7, 11) is 0. The van der Waals surface area contributed by atoms with E-state index in [2.05, 4.69) is 35.9 Å². The molecule has 0 radical (unpaired) electrons. The molecule has 1 aromatic heterocycles. The van der Waals surface area contributed by atoms with Crippen molar-refractivity contribution >= 4 is 5.82 Å². The second-order valence-electron chi connectivity index (χ2n) is 3.82. The summed E-state index contributed by atoms with van der Waals surface area (Å²) < 4.78 is 0. The molecule has 0 aliphatic heterocycles. The fourth-order valence-electron chi connectivity index (χ4n) is 1.49. The van der Waals surface area contributed by atoms with E-state index in [1.807, 2.05) is 6.20 Å². The fourth-order valence-corrected chi connectivity index (χ4v) is 1.49. The molecule has 0 fully saturated rings. The van der Waals surface area contributed by atoms with Crippen LogP contribution >= 0.6 is 0 Å². The summed E-state index contributed by atoms with van der Waals surface area (Å²) in [6.07, 6.45) is 4.30. The second-order valence-corrected chi connectivity index (χ2v) is 3.82. The SMILES string of the molecule is CCCCN(CCN)c1ccc(C)cn1. The van der Waals surface area contributed by atoms with Crippen LogP contribution in [0.15, 0.2) is 18.3 Å². The zero-order valence-electron chi connectivity index (χ0n) is 9.74. The number of aryl methyl sites for hydroxylation is 1. The van der Waals surface area contributed by atoms with Gasteiger partial charge in [0.2, 0.25) is 0 Å². The van der Waals surface area contributed by atoms with Gasteiger partial charge in [-0.3, -0.25) is 0 Å². The highest BCUT2D eigenvalue weighted by Gasteiger charge is 2.05. The van der Waals surface area contributed by atoms with Crippen LogP contribution in [0, 0.1) is 6.92 Å². The van der Waals surface area contributed by atoms with E-state index in [1.165, 1.54) is 18.4 Å². The number of anilines is 1. The number of rotatable bonds is 6. The molecule has 1 rings (SSSR count). The van der Waals surface area contributed by atoms with Crippen molar-refractivity contribution in [3.8, 4) is 0 Å². The molecule has 1 heterocycles. The quantitative estimate of drug-likeness (QED) is 0.775. The summed E-state index contributed by atoms with van der Waals surface area (Å²) in [5, 5.41) is 0. The molecular formula is C12H21N3. The lowest BCUT2D eigenvalue weighted by molar-refractivity contribution is 0.707. The molecule has 0 amide bonds. The van der Waals surface area contributed by atoms with E-state index < -0.39 is 0 Å². The summed E-state index contributed by atoms with van der Waals surface area (Å²) in [5.41, 5.74) is 6.80. The third-order valence-corrected chi connectivity index (χ3v) is 2.40. The van der Waals surface area contributed by atoms with Gasteiger partial charge in [0.1, 0.15) is 5.82 Å². The van der Waals surface area contributed by atoms with Crippen molar-refractivity contribution in [1.82, 2.24) is 4.98 Å². The monoisotopic (exact) mass is 207 g/mol. The van der Waals surface area contributed by atoms with Crippen molar-refractivity contribution < 1.29 is 0 Å².